The van der Waals surface area contributed by atoms with Crippen LogP contribution < -0.4 is 5.73 Å². The third-order valence-corrected chi connectivity index (χ3v) is 4.44. The van der Waals surface area contributed by atoms with E-state index in [2.05, 4.69) is 19.1 Å². The van der Waals surface area contributed by atoms with Crippen molar-refractivity contribution in [3.8, 4) is 5.75 Å². The van der Waals surface area contributed by atoms with Gasteiger partial charge in [0.2, 0.25) is 5.91 Å². The monoisotopic (exact) mass is 375 g/mol. The zero-order chi connectivity index (χ0) is 20.0. The Balaban J connectivity index is 0.000000797. The molecule has 0 atom stereocenters. The standard InChI is InChI=1S/C18H35NO.C6H6O/c1-2-3-4-5-6-7-8-9-10-11-12-13-14-15-16-17-18(19)20;7-6-4-2-1-3-5-6/h9-10H,2-8,11-17H2,1H3,(H2,19,20);1-5,7H/b10-9-;. The summed E-state index contributed by atoms with van der Waals surface area (Å²) in [5.41, 5.74) is 5.10. The average molecular weight is 376 g/mol. The third-order valence-electron chi connectivity index (χ3n) is 4.44. The van der Waals surface area contributed by atoms with Gasteiger partial charge in [-0.15, -0.1) is 0 Å². The normalized spacial score (nSPS) is 10.6. The van der Waals surface area contributed by atoms with Gasteiger partial charge in [-0.3, -0.25) is 4.79 Å². The molecule has 0 aliphatic carbocycles. The predicted octanol–water partition coefficient (Wildman–Crippen LogP) is 6.90. The van der Waals surface area contributed by atoms with Crippen molar-refractivity contribution in [2.75, 3.05) is 0 Å². The first kappa shape index (κ1) is 25.2. The highest BCUT2D eigenvalue weighted by Crippen LogP contribution is 2.09. The average Bonchev–Trinajstić information content (AvgIpc) is 2.66. The molecule has 154 valence electrons. The number of aromatic hydroxyl groups is 1. The molecule has 1 amide bonds. The molecule has 3 N–H and O–H groups in total. The van der Waals surface area contributed by atoms with Gasteiger partial charge in [0.25, 0.3) is 0 Å². The van der Waals surface area contributed by atoms with E-state index in [0.29, 0.717) is 12.2 Å². The molecule has 1 aromatic rings. The molecule has 0 fully saturated rings. The molecule has 3 heteroatoms. The maximum absolute atomic E-state index is 10.5. The highest BCUT2D eigenvalue weighted by molar-refractivity contribution is 5.73. The molecule has 0 radical (unpaired) electrons. The van der Waals surface area contributed by atoms with Crippen molar-refractivity contribution in [3.05, 3.63) is 42.5 Å². The number of amides is 1. The van der Waals surface area contributed by atoms with Crippen LogP contribution in [0.25, 0.3) is 0 Å². The summed E-state index contributed by atoms with van der Waals surface area (Å²) in [5.74, 6) is 0.158. The van der Waals surface area contributed by atoms with E-state index in [1.54, 1.807) is 24.3 Å². The van der Waals surface area contributed by atoms with Gasteiger partial charge in [-0.2, -0.15) is 0 Å². The predicted molar refractivity (Wildman–Crippen MR) is 117 cm³/mol. The molecule has 1 aromatic carbocycles. The number of unbranched alkanes of at least 4 members (excludes halogenated alkanes) is 11. The van der Waals surface area contributed by atoms with Crippen molar-refractivity contribution in [2.24, 2.45) is 5.73 Å². The Morgan fingerprint density at radius 1 is 0.815 bits per heavy atom. The van der Waals surface area contributed by atoms with Crippen molar-refractivity contribution >= 4 is 5.91 Å². The second-order valence-corrected chi connectivity index (χ2v) is 7.14. The molecule has 0 aromatic heterocycles. The molecule has 0 bridgehead atoms. The number of allylic oxidation sites excluding steroid dienone is 2. The Hall–Kier alpha value is -1.77. The van der Waals surface area contributed by atoms with E-state index in [4.69, 9.17) is 10.8 Å². The summed E-state index contributed by atoms with van der Waals surface area (Å²) in [6.45, 7) is 2.26. The minimum atomic E-state index is -0.164. The SMILES string of the molecule is CCCCCCCC/C=C\CCCCCCCC(N)=O.Oc1ccccc1. The Bertz CT molecular complexity index is 457. The maximum Gasteiger partial charge on any atom is 0.217 e. The first-order valence-electron chi connectivity index (χ1n) is 10.8. The van der Waals surface area contributed by atoms with Gasteiger partial charge < -0.3 is 10.8 Å². The Morgan fingerprint density at radius 2 is 1.30 bits per heavy atom. The fourth-order valence-corrected chi connectivity index (χ4v) is 2.80. The Morgan fingerprint density at radius 3 is 1.74 bits per heavy atom. The van der Waals surface area contributed by atoms with E-state index in [-0.39, 0.29) is 5.91 Å². The second-order valence-electron chi connectivity index (χ2n) is 7.14. The van der Waals surface area contributed by atoms with E-state index in [1.807, 2.05) is 6.07 Å². The van der Waals surface area contributed by atoms with Gasteiger partial charge in [0.1, 0.15) is 5.75 Å². The molecule has 0 aliphatic heterocycles. The lowest BCUT2D eigenvalue weighted by molar-refractivity contribution is -0.118. The van der Waals surface area contributed by atoms with E-state index < -0.39 is 0 Å². The number of hydrogen-bond donors (Lipinski definition) is 2. The number of phenolic OH excluding ortho intramolecular Hbond substituents is 1. The summed E-state index contributed by atoms with van der Waals surface area (Å²) in [6.07, 6.45) is 21.9. The molecule has 27 heavy (non-hydrogen) atoms. The van der Waals surface area contributed by atoms with Crippen LogP contribution in [0.15, 0.2) is 42.5 Å². The maximum atomic E-state index is 10.5. The second kappa shape index (κ2) is 20.5. The summed E-state index contributed by atoms with van der Waals surface area (Å²) in [7, 11) is 0. The zero-order valence-electron chi connectivity index (χ0n) is 17.4. The fraction of sp³-hybridized carbons (Fsp3) is 0.625. The van der Waals surface area contributed by atoms with Gasteiger partial charge in [0.15, 0.2) is 0 Å². The lowest BCUT2D eigenvalue weighted by atomic mass is 10.1. The lowest BCUT2D eigenvalue weighted by Gasteiger charge is -1.99. The van der Waals surface area contributed by atoms with E-state index in [9.17, 15) is 4.79 Å². The van der Waals surface area contributed by atoms with Crippen molar-refractivity contribution in [1.29, 1.82) is 0 Å². The van der Waals surface area contributed by atoms with Crippen molar-refractivity contribution in [1.82, 2.24) is 0 Å². The zero-order valence-corrected chi connectivity index (χ0v) is 17.4. The molecular formula is C24H41NO2. The number of nitrogens with two attached hydrogens (primary N) is 1. The molecule has 0 heterocycles. The van der Waals surface area contributed by atoms with Crippen molar-refractivity contribution in [3.63, 3.8) is 0 Å². The summed E-state index contributed by atoms with van der Waals surface area (Å²) >= 11 is 0. The molecule has 1 rings (SSSR count). The van der Waals surface area contributed by atoms with Gasteiger partial charge in [-0.25, -0.2) is 0 Å². The van der Waals surface area contributed by atoms with Crippen LogP contribution in [0.5, 0.6) is 5.75 Å². The number of hydrogen-bond acceptors (Lipinski definition) is 2. The number of phenols is 1. The molecular weight excluding hydrogens is 334 g/mol. The summed E-state index contributed by atoms with van der Waals surface area (Å²) in [6, 6.07) is 8.71. The highest BCUT2D eigenvalue weighted by Gasteiger charge is 1.94. The summed E-state index contributed by atoms with van der Waals surface area (Å²) in [5, 5.41) is 8.63. The smallest absolute Gasteiger partial charge is 0.217 e. The lowest BCUT2D eigenvalue weighted by Crippen LogP contribution is -2.09. The van der Waals surface area contributed by atoms with E-state index >= 15 is 0 Å². The summed E-state index contributed by atoms with van der Waals surface area (Å²) in [4.78, 5) is 10.5. The molecule has 3 nitrogen and oxygen atoms in total. The van der Waals surface area contributed by atoms with Gasteiger partial charge in [-0.05, 0) is 44.2 Å². The van der Waals surface area contributed by atoms with Crippen LogP contribution >= 0.6 is 0 Å². The number of benzene rings is 1. The van der Waals surface area contributed by atoms with Crippen LogP contribution in [0.1, 0.15) is 96.8 Å². The van der Waals surface area contributed by atoms with Crippen LogP contribution in [-0.4, -0.2) is 11.0 Å². The van der Waals surface area contributed by atoms with Crippen LogP contribution in [0, 0.1) is 0 Å². The topological polar surface area (TPSA) is 63.3 Å². The summed E-state index contributed by atoms with van der Waals surface area (Å²) < 4.78 is 0. The number of carbonyl (C=O) groups is 1. The van der Waals surface area contributed by atoms with Crippen LogP contribution in [-0.2, 0) is 4.79 Å². The van der Waals surface area contributed by atoms with Gasteiger partial charge in [0.05, 0.1) is 0 Å². The third kappa shape index (κ3) is 22.2. The molecule has 0 unspecified atom stereocenters. The quantitative estimate of drug-likeness (QED) is 0.258. The van der Waals surface area contributed by atoms with Crippen molar-refractivity contribution < 1.29 is 9.90 Å². The molecule has 0 aliphatic rings. The largest absolute Gasteiger partial charge is 0.508 e. The number of rotatable bonds is 15. The highest BCUT2D eigenvalue weighted by atomic mass is 16.3. The first-order chi connectivity index (χ1) is 13.2. The Labute approximate surface area is 167 Å². The van der Waals surface area contributed by atoms with E-state index in [0.717, 1.165) is 12.8 Å². The minimum absolute atomic E-state index is 0.164. The fourth-order valence-electron chi connectivity index (χ4n) is 2.80. The molecule has 0 saturated carbocycles. The van der Waals surface area contributed by atoms with E-state index in [1.165, 1.54) is 70.6 Å². The number of primary amides is 1. The van der Waals surface area contributed by atoms with Gasteiger partial charge in [-0.1, -0.05) is 88.6 Å². The number of para-hydroxylation sites is 1. The van der Waals surface area contributed by atoms with Gasteiger partial charge in [0, 0.05) is 6.42 Å². The van der Waals surface area contributed by atoms with Crippen LogP contribution in [0.2, 0.25) is 0 Å². The van der Waals surface area contributed by atoms with Crippen LogP contribution in [0.3, 0.4) is 0 Å². The molecule has 0 spiro atoms. The van der Waals surface area contributed by atoms with Gasteiger partial charge >= 0.3 is 0 Å². The Kier molecular flexibility index (Phi) is 19.2. The van der Waals surface area contributed by atoms with Crippen molar-refractivity contribution in [2.45, 2.75) is 96.8 Å². The minimum Gasteiger partial charge on any atom is -0.508 e. The van der Waals surface area contributed by atoms with Crippen LogP contribution in [0.4, 0.5) is 0 Å². The number of carbonyl (C=O) groups excluding carboxylic acids is 1. The first-order valence-corrected chi connectivity index (χ1v) is 10.8. The molecule has 0 saturated heterocycles.